The maximum atomic E-state index is 13.3. The van der Waals surface area contributed by atoms with Gasteiger partial charge in [0.05, 0.1) is 15.5 Å². The van der Waals surface area contributed by atoms with Gasteiger partial charge in [0.25, 0.3) is 20.0 Å². The molecule has 7 heteroatoms. The molecule has 0 atom stereocenters. The molecule has 0 fully saturated rings. The summed E-state index contributed by atoms with van der Waals surface area (Å²) in [7, 11) is -8.68. The van der Waals surface area contributed by atoms with Crippen LogP contribution in [0.4, 0.5) is 5.69 Å². The van der Waals surface area contributed by atoms with Gasteiger partial charge in [-0.1, -0.05) is 53.6 Å². The largest absolute Gasteiger partial charge is 0.277 e. The molecule has 0 heterocycles. The molecule has 0 N–H and O–H groups in total. The lowest BCUT2D eigenvalue weighted by Crippen LogP contribution is -2.37. The zero-order valence-electron chi connectivity index (χ0n) is 14.9. The van der Waals surface area contributed by atoms with Gasteiger partial charge in [-0.2, -0.15) is 3.71 Å². The molecule has 27 heavy (non-hydrogen) atoms. The zero-order chi connectivity index (χ0) is 19.7. The Kier molecular flexibility index (Phi) is 5.08. The van der Waals surface area contributed by atoms with Crippen LogP contribution in [0.5, 0.6) is 0 Å². The van der Waals surface area contributed by atoms with Gasteiger partial charge in [0.2, 0.25) is 0 Å². The molecule has 3 aromatic carbocycles. The molecule has 3 aromatic rings. The van der Waals surface area contributed by atoms with Crippen LogP contribution in [0.15, 0.2) is 88.7 Å². The molecule has 140 valence electrons. The van der Waals surface area contributed by atoms with Crippen molar-refractivity contribution in [1.82, 2.24) is 0 Å². The third kappa shape index (κ3) is 3.74. The Balaban J connectivity index is 2.24. The predicted molar refractivity (Wildman–Crippen MR) is 106 cm³/mol. The van der Waals surface area contributed by atoms with E-state index in [-0.39, 0.29) is 15.5 Å². The van der Waals surface area contributed by atoms with E-state index in [9.17, 15) is 16.8 Å². The second-order valence-corrected chi connectivity index (χ2v) is 9.97. The fourth-order valence-corrected chi connectivity index (χ4v) is 6.26. The Hall–Kier alpha value is -2.64. The summed E-state index contributed by atoms with van der Waals surface area (Å²) in [5, 5.41) is 0. The molecule has 0 amide bonds. The summed E-state index contributed by atoms with van der Waals surface area (Å²) in [5.74, 6) is 0. The van der Waals surface area contributed by atoms with E-state index in [0.29, 0.717) is 3.71 Å². The number of anilines is 1. The standard InChI is InChI=1S/C20H19NO4S2/c1-16-8-12-19(13-9-16)26(22,23)21(18-6-4-3-5-7-18)27(24,25)20-14-10-17(2)11-15-20/h3-15H,1-2H3. The first-order valence-electron chi connectivity index (χ1n) is 8.22. The van der Waals surface area contributed by atoms with Crippen molar-refractivity contribution in [2.75, 3.05) is 3.71 Å². The minimum atomic E-state index is -4.34. The van der Waals surface area contributed by atoms with Gasteiger partial charge in [0.1, 0.15) is 0 Å². The molecule has 0 aliphatic heterocycles. The van der Waals surface area contributed by atoms with Crippen molar-refractivity contribution in [3.63, 3.8) is 0 Å². The first-order chi connectivity index (χ1) is 12.7. The van der Waals surface area contributed by atoms with Crippen molar-refractivity contribution >= 4 is 25.7 Å². The highest BCUT2D eigenvalue weighted by Crippen LogP contribution is 2.30. The minimum Gasteiger partial charge on any atom is -0.200 e. The number of para-hydroxylation sites is 1. The van der Waals surface area contributed by atoms with E-state index < -0.39 is 20.0 Å². The van der Waals surface area contributed by atoms with Crippen LogP contribution >= 0.6 is 0 Å². The first-order valence-corrected chi connectivity index (χ1v) is 11.1. The normalized spacial score (nSPS) is 11.9. The van der Waals surface area contributed by atoms with Crippen LogP contribution in [0.2, 0.25) is 0 Å². The van der Waals surface area contributed by atoms with Gasteiger partial charge in [0, 0.05) is 0 Å². The average molecular weight is 402 g/mol. The third-order valence-corrected chi connectivity index (χ3v) is 8.25. The van der Waals surface area contributed by atoms with Crippen LogP contribution in [-0.2, 0) is 20.0 Å². The van der Waals surface area contributed by atoms with Gasteiger partial charge in [-0.25, -0.2) is 16.8 Å². The molecule has 0 aliphatic carbocycles. The van der Waals surface area contributed by atoms with E-state index in [1.54, 1.807) is 42.5 Å². The third-order valence-electron chi connectivity index (χ3n) is 4.04. The smallest absolute Gasteiger partial charge is 0.200 e. The molecule has 3 rings (SSSR count). The molecule has 5 nitrogen and oxygen atoms in total. The lowest BCUT2D eigenvalue weighted by Gasteiger charge is -2.24. The maximum absolute atomic E-state index is 13.3. The summed E-state index contributed by atoms with van der Waals surface area (Å²) >= 11 is 0. The summed E-state index contributed by atoms with van der Waals surface area (Å²) in [6.45, 7) is 3.66. The number of benzene rings is 3. The highest BCUT2D eigenvalue weighted by molar-refractivity contribution is 8.10. The van der Waals surface area contributed by atoms with Crippen LogP contribution < -0.4 is 3.71 Å². The van der Waals surface area contributed by atoms with Crippen LogP contribution in [-0.4, -0.2) is 16.8 Å². The lowest BCUT2D eigenvalue weighted by atomic mass is 10.2. The Morgan fingerprint density at radius 2 is 0.926 bits per heavy atom. The monoisotopic (exact) mass is 401 g/mol. The van der Waals surface area contributed by atoms with Crippen LogP contribution in [0.3, 0.4) is 0 Å². The molecule has 0 aromatic heterocycles. The van der Waals surface area contributed by atoms with E-state index in [1.807, 2.05) is 13.8 Å². The predicted octanol–water partition coefficient (Wildman–Crippen LogP) is 3.89. The topological polar surface area (TPSA) is 71.5 Å². The summed E-state index contributed by atoms with van der Waals surface area (Å²) in [6, 6.07) is 20.0. The van der Waals surface area contributed by atoms with Gasteiger partial charge in [-0.05, 0) is 50.2 Å². The van der Waals surface area contributed by atoms with Crippen molar-refractivity contribution in [3.05, 3.63) is 90.0 Å². The van der Waals surface area contributed by atoms with Gasteiger partial charge in [-0.15, -0.1) is 0 Å². The number of hydrogen-bond donors (Lipinski definition) is 0. The molecule has 0 saturated carbocycles. The quantitative estimate of drug-likeness (QED) is 0.650. The highest BCUT2D eigenvalue weighted by atomic mass is 32.3. The summed E-state index contributed by atoms with van der Waals surface area (Å²) < 4.78 is 53.6. The van der Waals surface area contributed by atoms with E-state index in [1.165, 1.54) is 36.4 Å². The van der Waals surface area contributed by atoms with Gasteiger partial charge < -0.3 is 0 Å². The van der Waals surface area contributed by atoms with Crippen molar-refractivity contribution in [1.29, 1.82) is 0 Å². The van der Waals surface area contributed by atoms with Gasteiger partial charge in [-0.3, -0.25) is 0 Å². The lowest BCUT2D eigenvalue weighted by molar-refractivity contribution is 0.584. The minimum absolute atomic E-state index is 0.0543. The fraction of sp³-hybridized carbons (Fsp3) is 0.100. The number of nitrogens with zero attached hydrogens (tertiary/aromatic N) is 1. The van der Waals surface area contributed by atoms with E-state index >= 15 is 0 Å². The van der Waals surface area contributed by atoms with Crippen molar-refractivity contribution in [3.8, 4) is 0 Å². The number of aryl methyl sites for hydroxylation is 2. The number of sulfonamides is 2. The van der Waals surface area contributed by atoms with Crippen molar-refractivity contribution < 1.29 is 16.8 Å². The van der Waals surface area contributed by atoms with Gasteiger partial charge in [0.15, 0.2) is 0 Å². The number of rotatable bonds is 5. The zero-order valence-corrected chi connectivity index (χ0v) is 16.5. The van der Waals surface area contributed by atoms with Crippen molar-refractivity contribution in [2.45, 2.75) is 23.6 Å². The Bertz CT molecular complexity index is 1060. The van der Waals surface area contributed by atoms with Crippen LogP contribution in [0.25, 0.3) is 0 Å². The average Bonchev–Trinajstić information content (AvgIpc) is 2.63. The van der Waals surface area contributed by atoms with Crippen LogP contribution in [0.1, 0.15) is 11.1 Å². The molecule has 0 aliphatic rings. The summed E-state index contributed by atoms with van der Waals surface area (Å²) in [4.78, 5) is -0.180. The molecule has 0 spiro atoms. The molecule has 0 unspecified atom stereocenters. The molecule has 0 bridgehead atoms. The van der Waals surface area contributed by atoms with Crippen molar-refractivity contribution in [2.24, 2.45) is 0 Å². The summed E-state index contributed by atoms with van der Waals surface area (Å²) in [5.41, 5.74) is 1.81. The maximum Gasteiger partial charge on any atom is 0.277 e. The Labute approximate surface area is 160 Å². The molecule has 0 radical (unpaired) electrons. The molecular weight excluding hydrogens is 382 g/mol. The first kappa shape index (κ1) is 19.1. The van der Waals surface area contributed by atoms with E-state index in [0.717, 1.165) is 11.1 Å². The van der Waals surface area contributed by atoms with Crippen LogP contribution in [0, 0.1) is 13.8 Å². The number of hydrogen-bond acceptors (Lipinski definition) is 4. The highest BCUT2D eigenvalue weighted by Gasteiger charge is 2.36. The second-order valence-electron chi connectivity index (χ2n) is 6.17. The fourth-order valence-electron chi connectivity index (χ4n) is 2.57. The van der Waals surface area contributed by atoms with E-state index in [2.05, 4.69) is 0 Å². The molecule has 0 saturated heterocycles. The second kappa shape index (κ2) is 7.17. The van der Waals surface area contributed by atoms with E-state index in [4.69, 9.17) is 0 Å². The Morgan fingerprint density at radius 1 is 0.556 bits per heavy atom. The van der Waals surface area contributed by atoms with Gasteiger partial charge >= 0.3 is 0 Å². The summed E-state index contributed by atoms with van der Waals surface area (Å²) in [6.07, 6.45) is 0. The Morgan fingerprint density at radius 3 is 1.30 bits per heavy atom. The SMILES string of the molecule is Cc1ccc(S(=O)(=O)N(c2ccccc2)S(=O)(=O)c2ccc(C)cc2)cc1. The molecular formula is C20H19NO4S2.